The summed E-state index contributed by atoms with van der Waals surface area (Å²) in [5.41, 5.74) is 0.519. The molecule has 0 spiro atoms. The molecule has 0 saturated carbocycles. The maximum Gasteiger partial charge on any atom is 0.238 e. The Balaban J connectivity index is 1.85. The molecule has 0 bridgehead atoms. The van der Waals surface area contributed by atoms with Crippen molar-refractivity contribution >= 4 is 11.6 Å². The summed E-state index contributed by atoms with van der Waals surface area (Å²) in [7, 11) is 0. The summed E-state index contributed by atoms with van der Waals surface area (Å²) in [5, 5.41) is 2.72. The van der Waals surface area contributed by atoms with E-state index in [9.17, 15) is 9.18 Å². The fourth-order valence-electron chi connectivity index (χ4n) is 2.40. The first kappa shape index (κ1) is 13.0. The summed E-state index contributed by atoms with van der Waals surface area (Å²) in [6, 6.07) is 5.98. The first-order chi connectivity index (χ1) is 8.63. The Kier molecular flexibility index (Phi) is 4.31. The molecule has 1 aromatic rings. The molecular formula is C14H19FN2O. The first-order valence-corrected chi connectivity index (χ1v) is 6.41. The third-order valence-electron chi connectivity index (χ3n) is 3.22. The Morgan fingerprint density at radius 2 is 2.39 bits per heavy atom. The van der Waals surface area contributed by atoms with E-state index in [2.05, 4.69) is 17.1 Å². The standard InChI is InChI=1S/C14H19FN2O/c1-11-4-3-7-17(9-11)10-14(18)16-13-6-2-5-12(15)8-13/h2,5-6,8,11H,3-4,7,9-10H2,1H3,(H,16,18). The molecule has 3 nitrogen and oxygen atoms in total. The van der Waals surface area contributed by atoms with E-state index in [-0.39, 0.29) is 11.7 Å². The van der Waals surface area contributed by atoms with Crippen molar-refractivity contribution in [2.24, 2.45) is 5.92 Å². The third-order valence-corrected chi connectivity index (χ3v) is 3.22. The molecular weight excluding hydrogens is 231 g/mol. The molecule has 1 aromatic carbocycles. The van der Waals surface area contributed by atoms with Gasteiger partial charge in [0.25, 0.3) is 0 Å². The number of halogens is 1. The van der Waals surface area contributed by atoms with Crippen molar-refractivity contribution < 1.29 is 9.18 Å². The lowest BCUT2D eigenvalue weighted by Crippen LogP contribution is -2.39. The van der Waals surface area contributed by atoms with Gasteiger partial charge in [0, 0.05) is 12.2 Å². The van der Waals surface area contributed by atoms with Crippen LogP contribution >= 0.6 is 0 Å². The molecule has 1 fully saturated rings. The van der Waals surface area contributed by atoms with Gasteiger partial charge in [-0.25, -0.2) is 4.39 Å². The molecule has 1 N–H and O–H groups in total. The summed E-state index contributed by atoms with van der Waals surface area (Å²) in [4.78, 5) is 14.0. The van der Waals surface area contributed by atoms with Crippen LogP contribution in [-0.2, 0) is 4.79 Å². The average Bonchev–Trinajstić information content (AvgIpc) is 2.28. The van der Waals surface area contributed by atoms with Crippen LogP contribution in [-0.4, -0.2) is 30.4 Å². The van der Waals surface area contributed by atoms with E-state index in [1.54, 1.807) is 12.1 Å². The number of anilines is 1. The zero-order valence-corrected chi connectivity index (χ0v) is 10.7. The Bertz CT molecular complexity index is 422. The molecule has 18 heavy (non-hydrogen) atoms. The van der Waals surface area contributed by atoms with Gasteiger partial charge in [-0.2, -0.15) is 0 Å². The van der Waals surface area contributed by atoms with E-state index < -0.39 is 0 Å². The van der Waals surface area contributed by atoms with Gasteiger partial charge < -0.3 is 5.32 Å². The van der Waals surface area contributed by atoms with Crippen molar-refractivity contribution in [2.45, 2.75) is 19.8 Å². The van der Waals surface area contributed by atoms with Crippen LogP contribution in [0.1, 0.15) is 19.8 Å². The van der Waals surface area contributed by atoms with Gasteiger partial charge in [0.05, 0.1) is 6.54 Å². The first-order valence-electron chi connectivity index (χ1n) is 6.41. The number of hydrogen-bond acceptors (Lipinski definition) is 2. The van der Waals surface area contributed by atoms with Gasteiger partial charge in [-0.3, -0.25) is 9.69 Å². The number of nitrogens with one attached hydrogen (secondary N) is 1. The molecule has 0 aliphatic carbocycles. The summed E-state index contributed by atoms with van der Waals surface area (Å²) in [6.07, 6.45) is 2.39. The van der Waals surface area contributed by atoms with Crippen LogP contribution in [0.2, 0.25) is 0 Å². The molecule has 0 radical (unpaired) electrons. The number of piperidine rings is 1. The second-order valence-corrected chi connectivity index (χ2v) is 5.04. The zero-order chi connectivity index (χ0) is 13.0. The van der Waals surface area contributed by atoms with E-state index in [1.807, 2.05) is 0 Å². The van der Waals surface area contributed by atoms with Crippen molar-refractivity contribution in [2.75, 3.05) is 25.0 Å². The number of carbonyl (C=O) groups is 1. The predicted molar refractivity (Wildman–Crippen MR) is 69.9 cm³/mol. The van der Waals surface area contributed by atoms with Gasteiger partial charge >= 0.3 is 0 Å². The maximum atomic E-state index is 13.0. The number of nitrogens with zero attached hydrogens (tertiary/aromatic N) is 1. The minimum atomic E-state index is -0.334. The lowest BCUT2D eigenvalue weighted by molar-refractivity contribution is -0.117. The predicted octanol–water partition coefficient (Wildman–Crippen LogP) is 2.50. The number of rotatable bonds is 3. The minimum absolute atomic E-state index is 0.0744. The molecule has 1 saturated heterocycles. The highest BCUT2D eigenvalue weighted by molar-refractivity contribution is 5.92. The van der Waals surface area contributed by atoms with Crippen molar-refractivity contribution in [3.8, 4) is 0 Å². The highest BCUT2D eigenvalue weighted by Gasteiger charge is 2.18. The molecule has 2 rings (SSSR count). The van der Waals surface area contributed by atoms with Crippen molar-refractivity contribution in [3.05, 3.63) is 30.1 Å². The number of carbonyl (C=O) groups excluding carboxylic acids is 1. The number of hydrogen-bond donors (Lipinski definition) is 1. The van der Waals surface area contributed by atoms with Gasteiger partial charge in [0.15, 0.2) is 0 Å². The van der Waals surface area contributed by atoms with Gasteiger partial charge in [-0.1, -0.05) is 13.0 Å². The average molecular weight is 250 g/mol. The van der Waals surface area contributed by atoms with Crippen molar-refractivity contribution in [1.82, 2.24) is 4.90 Å². The van der Waals surface area contributed by atoms with Gasteiger partial charge in [0.2, 0.25) is 5.91 Å². The van der Waals surface area contributed by atoms with Crippen molar-refractivity contribution in [1.29, 1.82) is 0 Å². The second-order valence-electron chi connectivity index (χ2n) is 5.04. The summed E-state index contributed by atoms with van der Waals surface area (Å²) >= 11 is 0. The second kappa shape index (κ2) is 5.96. The molecule has 1 aliphatic rings. The molecule has 1 aliphatic heterocycles. The fraction of sp³-hybridized carbons (Fsp3) is 0.500. The van der Waals surface area contributed by atoms with Crippen molar-refractivity contribution in [3.63, 3.8) is 0 Å². The van der Waals surface area contributed by atoms with Gasteiger partial charge in [0.1, 0.15) is 5.82 Å². The monoisotopic (exact) mass is 250 g/mol. The van der Waals surface area contributed by atoms with Crippen LogP contribution in [0.3, 0.4) is 0 Å². The SMILES string of the molecule is CC1CCCN(CC(=O)Nc2cccc(F)c2)C1. The zero-order valence-electron chi connectivity index (χ0n) is 10.7. The van der Waals surface area contributed by atoms with Crippen LogP contribution in [0.4, 0.5) is 10.1 Å². The molecule has 98 valence electrons. The third kappa shape index (κ3) is 3.81. The van der Waals surface area contributed by atoms with Crippen LogP contribution in [0.25, 0.3) is 0 Å². The Morgan fingerprint density at radius 1 is 1.56 bits per heavy atom. The molecule has 1 unspecified atom stereocenters. The Morgan fingerprint density at radius 3 is 3.11 bits per heavy atom. The Labute approximate surface area is 107 Å². The molecule has 1 amide bonds. The van der Waals surface area contributed by atoms with Crippen LogP contribution < -0.4 is 5.32 Å². The lowest BCUT2D eigenvalue weighted by atomic mass is 10.0. The molecule has 4 heteroatoms. The quantitative estimate of drug-likeness (QED) is 0.894. The smallest absolute Gasteiger partial charge is 0.238 e. The normalized spacial score (nSPS) is 20.7. The van der Waals surface area contributed by atoms with Crippen LogP contribution in [0, 0.1) is 11.7 Å². The summed E-state index contributed by atoms with van der Waals surface area (Å²) < 4.78 is 13.0. The van der Waals surface area contributed by atoms with Gasteiger partial charge in [-0.05, 0) is 43.5 Å². The summed E-state index contributed by atoms with van der Waals surface area (Å²) in [6.45, 7) is 4.54. The molecule has 0 aromatic heterocycles. The number of likely N-dealkylation sites (tertiary alicyclic amines) is 1. The van der Waals surface area contributed by atoms with Crippen LogP contribution in [0.15, 0.2) is 24.3 Å². The van der Waals surface area contributed by atoms with E-state index in [0.717, 1.165) is 19.5 Å². The summed E-state index contributed by atoms with van der Waals surface area (Å²) in [5.74, 6) is 0.245. The highest BCUT2D eigenvalue weighted by atomic mass is 19.1. The highest BCUT2D eigenvalue weighted by Crippen LogP contribution is 2.15. The van der Waals surface area contributed by atoms with E-state index in [4.69, 9.17) is 0 Å². The largest absolute Gasteiger partial charge is 0.325 e. The minimum Gasteiger partial charge on any atom is -0.325 e. The molecule has 1 heterocycles. The van der Waals surface area contributed by atoms with Gasteiger partial charge in [-0.15, -0.1) is 0 Å². The lowest BCUT2D eigenvalue weighted by Gasteiger charge is -2.30. The Hall–Kier alpha value is -1.42. The van der Waals surface area contributed by atoms with E-state index in [1.165, 1.54) is 18.6 Å². The maximum absolute atomic E-state index is 13.0. The molecule has 1 atom stereocenters. The number of benzene rings is 1. The fourth-order valence-corrected chi connectivity index (χ4v) is 2.40. The van der Waals surface area contributed by atoms with E-state index >= 15 is 0 Å². The van der Waals surface area contributed by atoms with E-state index in [0.29, 0.717) is 18.2 Å². The van der Waals surface area contributed by atoms with Crippen LogP contribution in [0.5, 0.6) is 0 Å². The topological polar surface area (TPSA) is 32.3 Å². The number of amides is 1.